The van der Waals surface area contributed by atoms with E-state index in [0.717, 1.165) is 18.7 Å². The minimum absolute atomic E-state index is 0. The van der Waals surface area contributed by atoms with Gasteiger partial charge in [-0.1, -0.05) is 37.3 Å². The van der Waals surface area contributed by atoms with E-state index in [0.29, 0.717) is 31.3 Å². The van der Waals surface area contributed by atoms with Gasteiger partial charge in [-0.15, -0.1) is 12.4 Å². The van der Waals surface area contributed by atoms with Crippen molar-refractivity contribution in [3.63, 3.8) is 0 Å². The van der Waals surface area contributed by atoms with Gasteiger partial charge in [-0.2, -0.15) is 0 Å². The van der Waals surface area contributed by atoms with E-state index in [-0.39, 0.29) is 30.6 Å². The minimum Gasteiger partial charge on any atom is -0.370 e. The molecule has 0 saturated carbocycles. The Morgan fingerprint density at radius 2 is 2.04 bits per heavy atom. The molecule has 0 radical (unpaired) electrons. The molecule has 2 unspecified atom stereocenters. The zero-order valence-electron chi connectivity index (χ0n) is 14.9. The summed E-state index contributed by atoms with van der Waals surface area (Å²) < 4.78 is 0. The number of primary amides is 1. The highest BCUT2D eigenvalue weighted by Crippen LogP contribution is 2.23. The van der Waals surface area contributed by atoms with E-state index in [4.69, 9.17) is 5.73 Å². The quantitative estimate of drug-likeness (QED) is 0.740. The highest BCUT2D eigenvalue weighted by atomic mass is 35.5. The highest BCUT2D eigenvalue weighted by Gasteiger charge is 2.24. The third-order valence-electron chi connectivity index (χ3n) is 4.83. The SMILES string of the molecule is CC(CC(=O)N(CCC(N)=O)Cc1ccccc1)C1CCCNC1.Cl. The highest BCUT2D eigenvalue weighted by molar-refractivity contribution is 5.85. The van der Waals surface area contributed by atoms with Gasteiger partial charge in [0, 0.05) is 25.9 Å². The van der Waals surface area contributed by atoms with Crippen LogP contribution >= 0.6 is 12.4 Å². The van der Waals surface area contributed by atoms with E-state index in [1.165, 1.54) is 12.8 Å². The van der Waals surface area contributed by atoms with Crippen molar-refractivity contribution in [3.8, 4) is 0 Å². The zero-order valence-corrected chi connectivity index (χ0v) is 15.8. The van der Waals surface area contributed by atoms with E-state index < -0.39 is 0 Å². The van der Waals surface area contributed by atoms with Gasteiger partial charge >= 0.3 is 0 Å². The Bertz CT molecular complexity index is 533. The van der Waals surface area contributed by atoms with Crippen LogP contribution in [0.15, 0.2) is 30.3 Å². The molecule has 0 spiro atoms. The number of nitrogens with two attached hydrogens (primary N) is 1. The molecule has 2 rings (SSSR count). The number of hydrogen-bond donors (Lipinski definition) is 2. The maximum absolute atomic E-state index is 12.8. The van der Waals surface area contributed by atoms with Gasteiger partial charge in [-0.05, 0) is 43.3 Å². The predicted molar refractivity (Wildman–Crippen MR) is 102 cm³/mol. The Labute approximate surface area is 156 Å². The molecule has 1 aromatic rings. The van der Waals surface area contributed by atoms with Crippen molar-refractivity contribution in [1.29, 1.82) is 0 Å². The molecule has 1 aromatic carbocycles. The first kappa shape index (κ1) is 21.5. The molecule has 3 N–H and O–H groups in total. The summed E-state index contributed by atoms with van der Waals surface area (Å²) in [6.07, 6.45) is 3.09. The first-order chi connectivity index (χ1) is 11.6. The first-order valence-corrected chi connectivity index (χ1v) is 8.87. The van der Waals surface area contributed by atoms with Gasteiger partial charge in [-0.3, -0.25) is 9.59 Å². The van der Waals surface area contributed by atoms with E-state index >= 15 is 0 Å². The van der Waals surface area contributed by atoms with Crippen LogP contribution in [0.5, 0.6) is 0 Å². The lowest BCUT2D eigenvalue weighted by molar-refractivity contribution is -0.133. The van der Waals surface area contributed by atoms with Gasteiger partial charge in [0.25, 0.3) is 0 Å². The number of halogens is 1. The van der Waals surface area contributed by atoms with Gasteiger partial charge in [0.05, 0.1) is 0 Å². The number of carbonyl (C=O) groups is 2. The van der Waals surface area contributed by atoms with Crippen molar-refractivity contribution in [2.45, 2.75) is 39.2 Å². The number of piperidine rings is 1. The molecule has 2 atom stereocenters. The molecular formula is C19H30ClN3O2. The predicted octanol–water partition coefficient (Wildman–Crippen LogP) is 2.34. The van der Waals surface area contributed by atoms with Gasteiger partial charge in [0.15, 0.2) is 0 Å². The second-order valence-electron chi connectivity index (χ2n) is 6.81. The van der Waals surface area contributed by atoms with Crippen LogP contribution in [0.4, 0.5) is 0 Å². The van der Waals surface area contributed by atoms with Crippen molar-refractivity contribution >= 4 is 24.2 Å². The summed E-state index contributed by atoms with van der Waals surface area (Å²) in [5, 5.41) is 3.41. The van der Waals surface area contributed by atoms with E-state index in [1.807, 2.05) is 30.3 Å². The van der Waals surface area contributed by atoms with Crippen molar-refractivity contribution in [3.05, 3.63) is 35.9 Å². The monoisotopic (exact) mass is 367 g/mol. The van der Waals surface area contributed by atoms with Crippen LogP contribution in [0.1, 0.15) is 38.2 Å². The summed E-state index contributed by atoms with van der Waals surface area (Å²) in [6.45, 7) is 5.15. The zero-order chi connectivity index (χ0) is 17.4. The van der Waals surface area contributed by atoms with Crippen LogP contribution < -0.4 is 11.1 Å². The fourth-order valence-electron chi connectivity index (χ4n) is 3.28. The molecule has 0 aromatic heterocycles. The second kappa shape index (κ2) is 11.1. The van der Waals surface area contributed by atoms with Gasteiger partial charge in [-0.25, -0.2) is 0 Å². The van der Waals surface area contributed by atoms with E-state index in [9.17, 15) is 9.59 Å². The second-order valence-corrected chi connectivity index (χ2v) is 6.81. The molecule has 140 valence electrons. The van der Waals surface area contributed by atoms with Crippen LogP contribution in [-0.2, 0) is 16.1 Å². The number of carbonyl (C=O) groups excluding carboxylic acids is 2. The van der Waals surface area contributed by atoms with Crippen molar-refractivity contribution in [1.82, 2.24) is 10.2 Å². The van der Waals surface area contributed by atoms with Crippen LogP contribution in [-0.4, -0.2) is 36.3 Å². The Kier molecular flexibility index (Phi) is 9.53. The maximum atomic E-state index is 12.8. The Morgan fingerprint density at radius 1 is 1.32 bits per heavy atom. The molecule has 1 heterocycles. The van der Waals surface area contributed by atoms with E-state index in [1.54, 1.807) is 4.90 Å². The summed E-state index contributed by atoms with van der Waals surface area (Å²) in [7, 11) is 0. The minimum atomic E-state index is -0.370. The lowest BCUT2D eigenvalue weighted by Crippen LogP contribution is -2.38. The fraction of sp³-hybridized carbons (Fsp3) is 0.579. The van der Waals surface area contributed by atoms with Crippen LogP contribution in [0.25, 0.3) is 0 Å². The lowest BCUT2D eigenvalue weighted by Gasteiger charge is -2.30. The standard InChI is InChI=1S/C19H29N3O2.ClH/c1-15(17-8-5-10-21-13-17)12-19(24)22(11-9-18(20)23)14-16-6-3-2-4-7-16;/h2-4,6-7,15,17,21H,5,8-14H2,1H3,(H2,20,23);1H. The Morgan fingerprint density at radius 3 is 2.64 bits per heavy atom. The summed E-state index contributed by atoms with van der Waals surface area (Å²) in [5.74, 6) is 0.637. The topological polar surface area (TPSA) is 75.4 Å². The molecule has 25 heavy (non-hydrogen) atoms. The van der Waals surface area contributed by atoms with Crippen LogP contribution in [0, 0.1) is 11.8 Å². The van der Waals surface area contributed by atoms with E-state index in [2.05, 4.69) is 12.2 Å². The number of hydrogen-bond acceptors (Lipinski definition) is 3. The van der Waals surface area contributed by atoms with Crippen LogP contribution in [0.2, 0.25) is 0 Å². The molecule has 1 saturated heterocycles. The average molecular weight is 368 g/mol. The van der Waals surface area contributed by atoms with Crippen LogP contribution in [0.3, 0.4) is 0 Å². The number of nitrogens with zero attached hydrogens (tertiary/aromatic N) is 1. The maximum Gasteiger partial charge on any atom is 0.223 e. The number of rotatable bonds is 8. The molecule has 0 bridgehead atoms. The third-order valence-corrected chi connectivity index (χ3v) is 4.83. The van der Waals surface area contributed by atoms with Crippen molar-refractivity contribution < 1.29 is 9.59 Å². The average Bonchev–Trinajstić information content (AvgIpc) is 2.60. The van der Waals surface area contributed by atoms with Gasteiger partial charge < -0.3 is 16.0 Å². The Balaban J connectivity index is 0.00000312. The summed E-state index contributed by atoms with van der Waals surface area (Å²) in [4.78, 5) is 25.7. The summed E-state index contributed by atoms with van der Waals surface area (Å²) in [6, 6.07) is 9.88. The number of amides is 2. The van der Waals surface area contributed by atoms with Crippen molar-refractivity contribution in [2.24, 2.45) is 17.6 Å². The third kappa shape index (κ3) is 7.45. The summed E-state index contributed by atoms with van der Waals surface area (Å²) in [5.41, 5.74) is 6.34. The molecule has 2 amide bonds. The molecule has 5 nitrogen and oxygen atoms in total. The first-order valence-electron chi connectivity index (χ1n) is 8.87. The molecule has 0 aliphatic carbocycles. The molecule has 6 heteroatoms. The normalized spacial score (nSPS) is 18.0. The number of nitrogens with one attached hydrogen (secondary N) is 1. The van der Waals surface area contributed by atoms with Gasteiger partial charge in [0.1, 0.15) is 0 Å². The smallest absolute Gasteiger partial charge is 0.223 e. The largest absolute Gasteiger partial charge is 0.370 e. The lowest BCUT2D eigenvalue weighted by atomic mass is 9.85. The van der Waals surface area contributed by atoms with Crippen molar-refractivity contribution in [2.75, 3.05) is 19.6 Å². The molecule has 1 aliphatic rings. The van der Waals surface area contributed by atoms with Gasteiger partial charge in [0.2, 0.25) is 11.8 Å². The summed E-state index contributed by atoms with van der Waals surface area (Å²) >= 11 is 0. The molecular weight excluding hydrogens is 338 g/mol. The fourth-order valence-corrected chi connectivity index (χ4v) is 3.28. The number of benzene rings is 1. The Hall–Kier alpha value is -1.59. The molecule has 1 aliphatic heterocycles. The molecule has 1 fully saturated rings.